The van der Waals surface area contributed by atoms with Crippen molar-refractivity contribution in [3.05, 3.63) is 17.0 Å². The zero-order chi connectivity index (χ0) is 13.2. The van der Waals surface area contributed by atoms with E-state index in [0.717, 1.165) is 25.1 Å². The number of alkyl halides is 1. The van der Waals surface area contributed by atoms with Crippen LogP contribution in [-0.4, -0.2) is 9.78 Å². The van der Waals surface area contributed by atoms with Crippen molar-refractivity contribution in [1.29, 1.82) is 0 Å². The first-order chi connectivity index (χ1) is 7.76. The van der Waals surface area contributed by atoms with Crippen LogP contribution in [0.25, 0.3) is 0 Å². The lowest BCUT2D eigenvalue weighted by Crippen LogP contribution is -2.12. The van der Waals surface area contributed by atoms with Gasteiger partial charge in [0, 0.05) is 17.8 Å². The van der Waals surface area contributed by atoms with E-state index in [4.69, 9.17) is 11.6 Å². The van der Waals surface area contributed by atoms with Gasteiger partial charge in [-0.25, -0.2) is 0 Å². The van der Waals surface area contributed by atoms with Gasteiger partial charge in [-0.05, 0) is 32.1 Å². The fourth-order valence-electron chi connectivity index (χ4n) is 2.03. The van der Waals surface area contributed by atoms with Crippen molar-refractivity contribution < 1.29 is 0 Å². The SMILES string of the molecule is CCC(Cl)c1c(C)nn(CCC(C)(C)C)c1C. The van der Waals surface area contributed by atoms with Gasteiger partial charge >= 0.3 is 0 Å². The van der Waals surface area contributed by atoms with Crippen molar-refractivity contribution in [2.75, 3.05) is 0 Å². The third-order valence-corrected chi connectivity index (χ3v) is 3.71. The molecule has 3 heteroatoms. The Morgan fingerprint density at radius 1 is 1.29 bits per heavy atom. The van der Waals surface area contributed by atoms with Crippen molar-refractivity contribution in [3.8, 4) is 0 Å². The molecular weight excluding hydrogens is 232 g/mol. The molecule has 1 rings (SSSR count). The summed E-state index contributed by atoms with van der Waals surface area (Å²) in [5.74, 6) is 0. The van der Waals surface area contributed by atoms with Crippen molar-refractivity contribution in [1.82, 2.24) is 9.78 Å². The average Bonchev–Trinajstić information content (AvgIpc) is 2.49. The van der Waals surface area contributed by atoms with Crippen LogP contribution in [0.1, 0.15) is 62.9 Å². The topological polar surface area (TPSA) is 17.8 Å². The summed E-state index contributed by atoms with van der Waals surface area (Å²) in [7, 11) is 0. The molecule has 1 aromatic heterocycles. The van der Waals surface area contributed by atoms with E-state index < -0.39 is 0 Å². The van der Waals surface area contributed by atoms with Crippen LogP contribution in [0.4, 0.5) is 0 Å². The highest BCUT2D eigenvalue weighted by atomic mass is 35.5. The van der Waals surface area contributed by atoms with Gasteiger partial charge in [0.15, 0.2) is 0 Å². The van der Waals surface area contributed by atoms with Gasteiger partial charge in [0.2, 0.25) is 0 Å². The number of hydrogen-bond acceptors (Lipinski definition) is 1. The highest BCUT2D eigenvalue weighted by molar-refractivity contribution is 6.20. The van der Waals surface area contributed by atoms with Gasteiger partial charge in [0.05, 0.1) is 11.1 Å². The molecule has 0 N–H and O–H groups in total. The number of nitrogens with zero attached hydrogens (tertiary/aromatic N) is 2. The maximum atomic E-state index is 6.35. The second-order valence-corrected chi connectivity index (χ2v) is 6.52. The van der Waals surface area contributed by atoms with Crippen LogP contribution in [0.3, 0.4) is 0 Å². The standard InChI is InChI=1S/C14H25ClN2/c1-7-12(15)13-10(2)16-17(11(13)3)9-8-14(4,5)6/h12H,7-9H2,1-6H3. The molecule has 0 fully saturated rings. The Labute approximate surface area is 110 Å². The van der Waals surface area contributed by atoms with Crippen LogP contribution in [0.15, 0.2) is 0 Å². The van der Waals surface area contributed by atoms with Gasteiger partial charge in [0.25, 0.3) is 0 Å². The van der Waals surface area contributed by atoms with E-state index in [1.165, 1.54) is 11.3 Å². The molecular formula is C14H25ClN2. The largest absolute Gasteiger partial charge is 0.269 e. The Morgan fingerprint density at radius 3 is 2.35 bits per heavy atom. The van der Waals surface area contributed by atoms with E-state index in [-0.39, 0.29) is 5.38 Å². The minimum Gasteiger partial charge on any atom is -0.269 e. The third-order valence-electron chi connectivity index (χ3n) is 3.18. The molecule has 0 saturated carbocycles. The molecule has 0 saturated heterocycles. The number of aryl methyl sites for hydroxylation is 2. The minimum absolute atomic E-state index is 0.0957. The molecule has 0 radical (unpaired) electrons. The van der Waals surface area contributed by atoms with Crippen molar-refractivity contribution >= 4 is 11.6 Å². The second-order valence-electron chi connectivity index (χ2n) is 5.99. The lowest BCUT2D eigenvalue weighted by Gasteiger charge is -2.18. The monoisotopic (exact) mass is 256 g/mol. The van der Waals surface area contributed by atoms with Crippen LogP contribution in [0.2, 0.25) is 0 Å². The average molecular weight is 257 g/mol. The number of halogens is 1. The van der Waals surface area contributed by atoms with Crippen molar-refractivity contribution in [3.63, 3.8) is 0 Å². The van der Waals surface area contributed by atoms with Gasteiger partial charge in [-0.2, -0.15) is 5.10 Å². The van der Waals surface area contributed by atoms with Crippen LogP contribution < -0.4 is 0 Å². The normalized spacial score (nSPS) is 14.1. The van der Waals surface area contributed by atoms with Gasteiger partial charge < -0.3 is 0 Å². The first-order valence-corrected chi connectivity index (χ1v) is 6.88. The van der Waals surface area contributed by atoms with E-state index in [0.29, 0.717) is 5.41 Å². The highest BCUT2D eigenvalue weighted by Crippen LogP contribution is 2.30. The van der Waals surface area contributed by atoms with Gasteiger partial charge in [-0.1, -0.05) is 27.7 Å². The van der Waals surface area contributed by atoms with Gasteiger partial charge in [0.1, 0.15) is 0 Å². The molecule has 0 amide bonds. The van der Waals surface area contributed by atoms with Crippen LogP contribution in [0.5, 0.6) is 0 Å². The Morgan fingerprint density at radius 2 is 1.88 bits per heavy atom. The Bertz CT molecular complexity index is 374. The quantitative estimate of drug-likeness (QED) is 0.719. The van der Waals surface area contributed by atoms with E-state index in [1.54, 1.807) is 0 Å². The van der Waals surface area contributed by atoms with Gasteiger partial charge in [-0.15, -0.1) is 11.6 Å². The minimum atomic E-state index is 0.0957. The first-order valence-electron chi connectivity index (χ1n) is 6.44. The summed E-state index contributed by atoms with van der Waals surface area (Å²) in [6, 6.07) is 0. The lowest BCUT2D eigenvalue weighted by atomic mass is 9.92. The second kappa shape index (κ2) is 5.43. The Hall–Kier alpha value is -0.500. The smallest absolute Gasteiger partial charge is 0.0643 e. The maximum Gasteiger partial charge on any atom is 0.0643 e. The molecule has 1 atom stereocenters. The molecule has 0 spiro atoms. The number of hydrogen-bond donors (Lipinski definition) is 0. The molecule has 17 heavy (non-hydrogen) atoms. The molecule has 1 unspecified atom stereocenters. The summed E-state index contributed by atoms with van der Waals surface area (Å²) in [6.07, 6.45) is 2.08. The summed E-state index contributed by atoms with van der Waals surface area (Å²) < 4.78 is 2.11. The molecule has 1 aromatic rings. The summed E-state index contributed by atoms with van der Waals surface area (Å²) in [6.45, 7) is 14.1. The van der Waals surface area contributed by atoms with Gasteiger partial charge in [-0.3, -0.25) is 4.68 Å². The number of aromatic nitrogens is 2. The van der Waals surface area contributed by atoms with E-state index in [2.05, 4.69) is 51.3 Å². The summed E-state index contributed by atoms with van der Waals surface area (Å²) in [4.78, 5) is 0. The molecule has 0 bridgehead atoms. The van der Waals surface area contributed by atoms with Crippen LogP contribution >= 0.6 is 11.6 Å². The zero-order valence-electron chi connectivity index (χ0n) is 12.0. The molecule has 98 valence electrons. The third kappa shape index (κ3) is 3.74. The predicted octanol–water partition coefficient (Wildman–Crippen LogP) is 4.63. The van der Waals surface area contributed by atoms with E-state index >= 15 is 0 Å². The van der Waals surface area contributed by atoms with Crippen molar-refractivity contribution in [2.45, 2.75) is 66.3 Å². The fourth-order valence-corrected chi connectivity index (χ4v) is 2.34. The summed E-state index contributed by atoms with van der Waals surface area (Å²) in [5, 5.41) is 4.71. The molecule has 1 heterocycles. The summed E-state index contributed by atoms with van der Waals surface area (Å²) in [5.41, 5.74) is 3.88. The molecule has 0 aromatic carbocycles. The molecule has 2 nitrogen and oxygen atoms in total. The predicted molar refractivity (Wildman–Crippen MR) is 74.7 cm³/mol. The molecule has 0 aliphatic carbocycles. The first kappa shape index (κ1) is 14.6. The lowest BCUT2D eigenvalue weighted by molar-refractivity contribution is 0.338. The van der Waals surface area contributed by atoms with Crippen LogP contribution in [0, 0.1) is 19.3 Å². The number of rotatable bonds is 4. The Kier molecular flexibility index (Phi) is 4.65. The van der Waals surface area contributed by atoms with Crippen molar-refractivity contribution in [2.24, 2.45) is 5.41 Å². The summed E-state index contributed by atoms with van der Waals surface area (Å²) >= 11 is 6.35. The molecule has 0 aliphatic rings. The van der Waals surface area contributed by atoms with E-state index in [1.807, 2.05) is 0 Å². The molecule has 0 aliphatic heterocycles. The fraction of sp³-hybridized carbons (Fsp3) is 0.786. The zero-order valence-corrected chi connectivity index (χ0v) is 12.7. The van der Waals surface area contributed by atoms with Crippen LogP contribution in [-0.2, 0) is 6.54 Å². The maximum absolute atomic E-state index is 6.35. The van der Waals surface area contributed by atoms with E-state index in [9.17, 15) is 0 Å². The Balaban J connectivity index is 2.89. The highest BCUT2D eigenvalue weighted by Gasteiger charge is 2.19.